The maximum atomic E-state index is 14.0. The Kier molecular flexibility index (Phi) is 10.7. The molecule has 4 aromatic rings. The van der Waals surface area contributed by atoms with E-state index in [4.69, 9.17) is 0 Å². The third kappa shape index (κ3) is 8.45. The van der Waals surface area contributed by atoms with Gasteiger partial charge in [-0.1, -0.05) is 67.2 Å². The summed E-state index contributed by atoms with van der Waals surface area (Å²) in [5.74, 6) is -2.69. The van der Waals surface area contributed by atoms with Crippen molar-refractivity contribution in [2.24, 2.45) is 0 Å². The lowest BCUT2D eigenvalue weighted by Crippen LogP contribution is -2.38. The highest BCUT2D eigenvalue weighted by Crippen LogP contribution is 2.28. The Morgan fingerprint density at radius 1 is 0.760 bits per heavy atom. The highest BCUT2D eigenvalue weighted by Gasteiger charge is 2.43. The molecule has 0 aliphatic heterocycles. The smallest absolute Gasteiger partial charge is 0.352 e. The fourth-order valence-electron chi connectivity index (χ4n) is 7.03. The molecule has 2 aliphatic carbocycles. The third-order valence-corrected chi connectivity index (χ3v) is 9.44. The van der Waals surface area contributed by atoms with Crippen LogP contribution in [0.15, 0.2) is 41.5 Å². The molecule has 0 unspecified atom stereocenters. The van der Waals surface area contributed by atoms with Crippen LogP contribution in [0, 0.1) is 0 Å². The van der Waals surface area contributed by atoms with Crippen LogP contribution in [-0.2, 0) is 42.1 Å². The normalized spacial score (nSPS) is 16.1. The van der Waals surface area contributed by atoms with Gasteiger partial charge in [0.15, 0.2) is 0 Å². The highest BCUT2D eigenvalue weighted by molar-refractivity contribution is 6.04. The number of amides is 2. The van der Waals surface area contributed by atoms with E-state index in [1.165, 1.54) is 21.8 Å². The Labute approximate surface area is 285 Å². The van der Waals surface area contributed by atoms with Gasteiger partial charge in [-0.15, -0.1) is 10.2 Å². The van der Waals surface area contributed by atoms with Crippen LogP contribution in [-0.4, -0.2) is 70.4 Å². The predicted molar refractivity (Wildman–Crippen MR) is 175 cm³/mol. The Hall–Kier alpha value is -4.89. The maximum absolute atomic E-state index is 14.0. The molecule has 0 spiro atoms. The molecule has 2 saturated carbocycles. The molecule has 6 rings (SSSR count). The number of benzene rings is 1. The van der Waals surface area contributed by atoms with Crippen molar-refractivity contribution in [1.29, 1.82) is 0 Å². The minimum Gasteiger partial charge on any atom is -0.352 e. The molecular formula is C34H40F3N9O4. The van der Waals surface area contributed by atoms with Crippen molar-refractivity contribution in [2.45, 2.75) is 115 Å². The van der Waals surface area contributed by atoms with Crippen LogP contribution in [0.3, 0.4) is 0 Å². The Morgan fingerprint density at radius 2 is 1.30 bits per heavy atom. The third-order valence-electron chi connectivity index (χ3n) is 9.44. The van der Waals surface area contributed by atoms with Gasteiger partial charge in [0, 0.05) is 23.7 Å². The Balaban J connectivity index is 1.22. The molecule has 2 amide bonds. The molecular weight excluding hydrogens is 655 g/mol. The predicted octanol–water partition coefficient (Wildman–Crippen LogP) is 3.66. The standard InChI is InChI=1S/C34H40F3N9O4/c35-34(36,37)32(49)31-27(16-15-24-17-44(42-40-24)20-29(47)38-22-9-3-1-4-10-22)26-13-7-8-14-28(26)46(33(31)50)19-25-18-45(43-41-25)21-30(48)39-23-11-5-2-6-12-23/h7-8,13-14,17-18,22-23H,1-6,9-12,15-16,19-21H2,(H,38,47)(H,39,48). The number of alkyl halides is 3. The summed E-state index contributed by atoms with van der Waals surface area (Å²) in [5.41, 5.74) is -1.23. The average Bonchev–Trinajstić information content (AvgIpc) is 3.74. The number of pyridine rings is 1. The van der Waals surface area contributed by atoms with Gasteiger partial charge in [-0.05, 0) is 50.2 Å². The van der Waals surface area contributed by atoms with Crippen molar-refractivity contribution in [3.8, 4) is 0 Å². The van der Waals surface area contributed by atoms with E-state index in [0.29, 0.717) is 16.6 Å². The van der Waals surface area contributed by atoms with Gasteiger partial charge in [-0.3, -0.25) is 19.2 Å². The number of aromatic nitrogens is 7. The number of carbonyl (C=O) groups is 3. The second-order valence-electron chi connectivity index (χ2n) is 13.2. The van der Waals surface area contributed by atoms with Crippen LogP contribution in [0.5, 0.6) is 0 Å². The van der Waals surface area contributed by atoms with Crippen LogP contribution in [0.1, 0.15) is 91.5 Å². The number of rotatable bonds is 12. The van der Waals surface area contributed by atoms with E-state index >= 15 is 0 Å². The summed E-state index contributed by atoms with van der Waals surface area (Å²) in [6, 6.07) is 6.65. The van der Waals surface area contributed by atoms with Crippen LogP contribution in [0.25, 0.3) is 10.9 Å². The van der Waals surface area contributed by atoms with Crippen LogP contribution in [0.4, 0.5) is 13.2 Å². The minimum atomic E-state index is -5.31. The van der Waals surface area contributed by atoms with E-state index in [1.54, 1.807) is 24.3 Å². The van der Waals surface area contributed by atoms with Gasteiger partial charge < -0.3 is 15.2 Å². The second-order valence-corrected chi connectivity index (χ2v) is 13.2. The number of carbonyl (C=O) groups excluding carboxylic acids is 3. The van der Waals surface area contributed by atoms with E-state index in [9.17, 15) is 32.3 Å². The van der Waals surface area contributed by atoms with E-state index < -0.39 is 23.1 Å². The number of nitrogens with one attached hydrogen (secondary N) is 2. The lowest BCUT2D eigenvalue weighted by molar-refractivity contribution is -0.123. The Bertz CT molecular complexity index is 1900. The highest BCUT2D eigenvalue weighted by atomic mass is 19.4. The number of Topliss-reactive ketones (excluding diaryl/α,β-unsaturated/α-hetero) is 1. The van der Waals surface area contributed by atoms with Crippen molar-refractivity contribution in [2.75, 3.05) is 0 Å². The number of hydrogen-bond acceptors (Lipinski definition) is 8. The van der Waals surface area contributed by atoms with Crippen LogP contribution in [0.2, 0.25) is 0 Å². The molecule has 13 nitrogen and oxygen atoms in total. The summed E-state index contributed by atoms with van der Waals surface area (Å²) in [6.45, 7) is -0.443. The van der Waals surface area contributed by atoms with Crippen molar-refractivity contribution in [1.82, 2.24) is 45.2 Å². The van der Waals surface area contributed by atoms with Gasteiger partial charge in [0.1, 0.15) is 18.8 Å². The minimum absolute atomic E-state index is 0.0585. The monoisotopic (exact) mass is 695 g/mol. The van der Waals surface area contributed by atoms with Gasteiger partial charge in [0.2, 0.25) is 11.8 Å². The lowest BCUT2D eigenvalue weighted by Gasteiger charge is -2.22. The molecule has 0 saturated heterocycles. The van der Waals surface area contributed by atoms with Crippen LogP contribution >= 0.6 is 0 Å². The second kappa shape index (κ2) is 15.3. The summed E-state index contributed by atoms with van der Waals surface area (Å²) in [6.07, 6.45) is 7.87. The molecule has 2 fully saturated rings. The van der Waals surface area contributed by atoms with Gasteiger partial charge in [-0.2, -0.15) is 13.2 Å². The first kappa shape index (κ1) is 35.0. The van der Waals surface area contributed by atoms with Gasteiger partial charge in [0.25, 0.3) is 11.3 Å². The van der Waals surface area contributed by atoms with Crippen LogP contribution < -0.4 is 16.2 Å². The van der Waals surface area contributed by atoms with E-state index in [1.807, 2.05) is 0 Å². The largest absolute Gasteiger partial charge is 0.455 e. The Morgan fingerprint density at radius 3 is 1.88 bits per heavy atom. The van der Waals surface area contributed by atoms with Crippen molar-refractivity contribution in [3.05, 3.63) is 69.5 Å². The van der Waals surface area contributed by atoms with Crippen molar-refractivity contribution < 1.29 is 27.6 Å². The average molecular weight is 696 g/mol. The zero-order chi connectivity index (χ0) is 35.3. The first-order chi connectivity index (χ1) is 24.0. The van der Waals surface area contributed by atoms with E-state index in [0.717, 1.165) is 68.8 Å². The summed E-state index contributed by atoms with van der Waals surface area (Å²) in [5, 5.41) is 22.4. The molecule has 0 atom stereocenters. The number of ketones is 1. The molecule has 2 aliphatic rings. The topological polar surface area (TPSA) is 159 Å². The quantitative estimate of drug-likeness (QED) is 0.213. The molecule has 1 aromatic carbocycles. The number of hydrogen-bond donors (Lipinski definition) is 2. The number of halogens is 3. The molecule has 266 valence electrons. The number of aryl methyl sites for hydroxylation is 2. The number of fused-ring (bicyclic) bond motifs is 1. The fourth-order valence-corrected chi connectivity index (χ4v) is 7.03. The summed E-state index contributed by atoms with van der Waals surface area (Å²) in [7, 11) is 0. The number of para-hydroxylation sites is 1. The molecule has 2 N–H and O–H groups in total. The molecule has 3 aromatic heterocycles. The number of nitrogens with zero attached hydrogens (tertiary/aromatic N) is 7. The molecule has 0 radical (unpaired) electrons. The molecule has 0 bridgehead atoms. The SMILES string of the molecule is O=C(Cn1cc(CCc2c(C(=O)C(F)(F)F)c(=O)n(Cc3cn(CC(=O)NC4CCCCC4)nn3)c3ccccc23)nn1)NC1CCCCC1. The van der Waals surface area contributed by atoms with Crippen molar-refractivity contribution >= 4 is 28.5 Å². The summed E-state index contributed by atoms with van der Waals surface area (Å²) >= 11 is 0. The first-order valence-corrected chi connectivity index (χ1v) is 17.2. The fraction of sp³-hybridized carbons (Fsp3) is 0.529. The van der Waals surface area contributed by atoms with E-state index in [2.05, 4.69) is 31.3 Å². The van der Waals surface area contributed by atoms with Gasteiger partial charge in [0.05, 0.1) is 29.5 Å². The maximum Gasteiger partial charge on any atom is 0.455 e. The molecule has 50 heavy (non-hydrogen) atoms. The van der Waals surface area contributed by atoms with Gasteiger partial charge in [-0.25, -0.2) is 9.36 Å². The zero-order valence-electron chi connectivity index (χ0n) is 27.6. The first-order valence-electron chi connectivity index (χ1n) is 17.2. The lowest BCUT2D eigenvalue weighted by atomic mass is 9.95. The van der Waals surface area contributed by atoms with Gasteiger partial charge >= 0.3 is 6.18 Å². The molecule has 3 heterocycles. The zero-order valence-corrected chi connectivity index (χ0v) is 27.6. The molecule has 16 heteroatoms. The summed E-state index contributed by atoms with van der Waals surface area (Å²) < 4.78 is 45.7. The van der Waals surface area contributed by atoms with Crippen molar-refractivity contribution in [3.63, 3.8) is 0 Å². The summed E-state index contributed by atoms with van der Waals surface area (Å²) in [4.78, 5) is 51.8. The van der Waals surface area contributed by atoms with E-state index in [-0.39, 0.29) is 67.6 Å².